The fourth-order valence-corrected chi connectivity index (χ4v) is 3.45. The first-order valence-electron chi connectivity index (χ1n) is 6.11. The van der Waals surface area contributed by atoms with Gasteiger partial charge >= 0.3 is 0 Å². The smallest absolute Gasteiger partial charge is 0.270 e. The van der Waals surface area contributed by atoms with E-state index in [0.717, 1.165) is 0 Å². The van der Waals surface area contributed by atoms with Crippen LogP contribution in [-0.2, 0) is 10.0 Å². The molecule has 1 aromatic carbocycles. The van der Waals surface area contributed by atoms with E-state index in [0.29, 0.717) is 11.1 Å². The summed E-state index contributed by atoms with van der Waals surface area (Å²) < 4.78 is 27.0. The van der Waals surface area contributed by atoms with Crippen LogP contribution in [0.1, 0.15) is 18.1 Å². The SMILES string of the molecule is CNC(C)CNS(=O)(=O)c1c(C)cc([N+](=O)[O-])cc1C.Cl. The van der Waals surface area contributed by atoms with Crippen molar-refractivity contribution in [3.63, 3.8) is 0 Å². The molecule has 0 aliphatic rings. The molecule has 120 valence electrons. The van der Waals surface area contributed by atoms with E-state index in [2.05, 4.69) is 10.0 Å². The number of sulfonamides is 1. The second-order valence-corrected chi connectivity index (χ2v) is 6.41. The van der Waals surface area contributed by atoms with Crippen LogP contribution in [0.4, 0.5) is 5.69 Å². The molecule has 2 N–H and O–H groups in total. The maximum Gasteiger partial charge on any atom is 0.270 e. The lowest BCUT2D eigenvalue weighted by Crippen LogP contribution is -2.37. The molecule has 0 aromatic heterocycles. The number of nitro benzene ring substituents is 1. The van der Waals surface area contributed by atoms with Gasteiger partial charge in [-0.15, -0.1) is 12.4 Å². The van der Waals surface area contributed by atoms with Crippen LogP contribution in [0.15, 0.2) is 17.0 Å². The van der Waals surface area contributed by atoms with Gasteiger partial charge in [0.1, 0.15) is 0 Å². The number of likely N-dealkylation sites (N-methyl/N-ethyl adjacent to an activating group) is 1. The van der Waals surface area contributed by atoms with Gasteiger partial charge in [0.2, 0.25) is 10.0 Å². The zero-order valence-corrected chi connectivity index (χ0v) is 14.0. The summed E-state index contributed by atoms with van der Waals surface area (Å²) in [6.45, 7) is 5.19. The number of halogens is 1. The molecule has 1 unspecified atom stereocenters. The minimum atomic E-state index is -3.68. The maximum atomic E-state index is 12.3. The average Bonchev–Trinajstić information content (AvgIpc) is 2.34. The molecule has 0 aliphatic carbocycles. The first-order valence-corrected chi connectivity index (χ1v) is 7.60. The number of nitrogens with one attached hydrogen (secondary N) is 2. The summed E-state index contributed by atoms with van der Waals surface area (Å²) in [5.41, 5.74) is 0.616. The van der Waals surface area contributed by atoms with Crippen LogP contribution < -0.4 is 10.0 Å². The monoisotopic (exact) mass is 337 g/mol. The molecule has 0 bridgehead atoms. The lowest BCUT2D eigenvalue weighted by molar-refractivity contribution is -0.385. The zero-order valence-electron chi connectivity index (χ0n) is 12.3. The number of nitrogens with zero attached hydrogens (tertiary/aromatic N) is 1. The Morgan fingerprint density at radius 2 is 1.76 bits per heavy atom. The minimum Gasteiger partial charge on any atom is -0.316 e. The Hall–Kier alpha value is -1.22. The van der Waals surface area contributed by atoms with Gasteiger partial charge in [-0.3, -0.25) is 10.1 Å². The molecule has 7 nitrogen and oxygen atoms in total. The first kappa shape index (κ1) is 19.8. The second-order valence-electron chi connectivity index (χ2n) is 4.71. The Morgan fingerprint density at radius 1 is 1.29 bits per heavy atom. The van der Waals surface area contributed by atoms with Crippen molar-refractivity contribution in [1.29, 1.82) is 0 Å². The summed E-state index contributed by atoms with van der Waals surface area (Å²) in [4.78, 5) is 10.3. The Morgan fingerprint density at radius 3 is 2.14 bits per heavy atom. The third-order valence-electron chi connectivity index (χ3n) is 3.00. The van der Waals surface area contributed by atoms with E-state index in [4.69, 9.17) is 0 Å². The van der Waals surface area contributed by atoms with Gasteiger partial charge in [0.15, 0.2) is 0 Å². The van der Waals surface area contributed by atoms with Gasteiger partial charge in [-0.25, -0.2) is 13.1 Å². The van der Waals surface area contributed by atoms with Crippen LogP contribution in [0.5, 0.6) is 0 Å². The van der Waals surface area contributed by atoms with Crippen molar-refractivity contribution in [2.75, 3.05) is 13.6 Å². The highest BCUT2D eigenvalue weighted by molar-refractivity contribution is 7.89. The molecule has 0 fully saturated rings. The minimum absolute atomic E-state index is 0. The van der Waals surface area contributed by atoms with Gasteiger partial charge in [-0.05, 0) is 38.9 Å². The molecule has 1 atom stereocenters. The van der Waals surface area contributed by atoms with Crippen LogP contribution in [0.2, 0.25) is 0 Å². The van der Waals surface area contributed by atoms with E-state index in [-0.39, 0.29) is 35.6 Å². The molecule has 0 saturated heterocycles. The molecule has 9 heteroatoms. The first-order chi connectivity index (χ1) is 9.19. The summed E-state index contributed by atoms with van der Waals surface area (Å²) >= 11 is 0. The predicted octanol–water partition coefficient (Wildman–Crippen LogP) is 1.52. The third-order valence-corrected chi connectivity index (χ3v) is 4.73. The van der Waals surface area contributed by atoms with E-state index >= 15 is 0 Å². The molecule has 21 heavy (non-hydrogen) atoms. The number of benzene rings is 1. The molecule has 1 aromatic rings. The van der Waals surface area contributed by atoms with Crippen LogP contribution in [-0.4, -0.2) is 33.0 Å². The standard InChI is InChI=1S/C12H19N3O4S.ClH/c1-8-5-11(15(16)17)6-9(2)12(8)20(18,19)14-7-10(3)13-4;/h5-6,10,13-14H,7H2,1-4H3;1H. The van der Waals surface area contributed by atoms with Crippen LogP contribution in [0, 0.1) is 24.0 Å². The molecular formula is C12H20ClN3O4S. The number of rotatable bonds is 6. The highest BCUT2D eigenvalue weighted by atomic mass is 35.5. The van der Waals surface area contributed by atoms with Crippen molar-refractivity contribution in [3.05, 3.63) is 33.4 Å². The largest absolute Gasteiger partial charge is 0.316 e. The number of hydrogen-bond donors (Lipinski definition) is 2. The summed E-state index contributed by atoms with van der Waals surface area (Å²) in [6.07, 6.45) is 0. The van der Waals surface area contributed by atoms with Gasteiger partial charge in [0, 0.05) is 24.7 Å². The quantitative estimate of drug-likeness (QED) is 0.605. The summed E-state index contributed by atoms with van der Waals surface area (Å²) in [7, 11) is -1.94. The van der Waals surface area contributed by atoms with Crippen LogP contribution >= 0.6 is 12.4 Å². The molecule has 0 spiro atoms. The number of aryl methyl sites for hydroxylation is 2. The van der Waals surface area contributed by atoms with Gasteiger partial charge in [-0.2, -0.15) is 0 Å². The summed E-state index contributed by atoms with van der Waals surface area (Å²) in [6, 6.07) is 2.52. The lowest BCUT2D eigenvalue weighted by Gasteiger charge is -2.15. The molecule has 0 radical (unpaired) electrons. The molecule has 1 rings (SSSR count). The average molecular weight is 338 g/mol. The normalized spacial score (nSPS) is 12.6. The van der Waals surface area contributed by atoms with Gasteiger partial charge in [0.05, 0.1) is 9.82 Å². The molecular weight excluding hydrogens is 318 g/mol. The Balaban J connectivity index is 0.00000400. The van der Waals surface area contributed by atoms with E-state index in [1.54, 1.807) is 20.9 Å². The van der Waals surface area contributed by atoms with Crippen molar-refractivity contribution >= 4 is 28.1 Å². The maximum absolute atomic E-state index is 12.3. The Kier molecular flexibility index (Phi) is 7.25. The fraction of sp³-hybridized carbons (Fsp3) is 0.500. The molecule has 0 saturated carbocycles. The van der Waals surface area contributed by atoms with Gasteiger partial charge in [0.25, 0.3) is 5.69 Å². The number of hydrogen-bond acceptors (Lipinski definition) is 5. The molecule has 0 heterocycles. The van der Waals surface area contributed by atoms with Crippen molar-refractivity contribution in [2.45, 2.75) is 31.7 Å². The molecule has 0 amide bonds. The second kappa shape index (κ2) is 7.69. The van der Waals surface area contributed by atoms with Crippen LogP contribution in [0.3, 0.4) is 0 Å². The van der Waals surface area contributed by atoms with E-state index in [1.807, 2.05) is 6.92 Å². The van der Waals surface area contributed by atoms with Gasteiger partial charge in [-0.1, -0.05) is 0 Å². The van der Waals surface area contributed by atoms with Crippen molar-refractivity contribution in [2.24, 2.45) is 0 Å². The fourth-order valence-electron chi connectivity index (χ4n) is 1.87. The highest BCUT2D eigenvalue weighted by Crippen LogP contribution is 2.25. The van der Waals surface area contributed by atoms with Gasteiger partial charge < -0.3 is 5.32 Å². The summed E-state index contributed by atoms with van der Waals surface area (Å²) in [5.74, 6) is 0. The topological polar surface area (TPSA) is 101 Å². The van der Waals surface area contributed by atoms with Crippen molar-refractivity contribution in [3.8, 4) is 0 Å². The third kappa shape index (κ3) is 4.92. The van der Waals surface area contributed by atoms with Crippen LogP contribution in [0.25, 0.3) is 0 Å². The van der Waals surface area contributed by atoms with E-state index in [1.165, 1.54) is 12.1 Å². The van der Waals surface area contributed by atoms with Crippen molar-refractivity contribution in [1.82, 2.24) is 10.0 Å². The number of non-ortho nitro benzene ring substituents is 1. The zero-order chi connectivity index (χ0) is 15.5. The predicted molar refractivity (Wildman–Crippen MR) is 83.5 cm³/mol. The number of nitro groups is 1. The highest BCUT2D eigenvalue weighted by Gasteiger charge is 2.22. The Labute approximate surface area is 130 Å². The summed E-state index contributed by atoms with van der Waals surface area (Å²) in [5, 5.41) is 13.7. The van der Waals surface area contributed by atoms with E-state index in [9.17, 15) is 18.5 Å². The lowest BCUT2D eigenvalue weighted by atomic mass is 10.1. The Bertz CT molecular complexity index is 596. The molecule has 0 aliphatic heterocycles. The van der Waals surface area contributed by atoms with Crippen molar-refractivity contribution < 1.29 is 13.3 Å². The van der Waals surface area contributed by atoms with E-state index < -0.39 is 14.9 Å².